The molecule has 0 amide bonds. The minimum Gasteiger partial charge on any atom is -1.00 e. The first-order chi connectivity index (χ1) is 17.1. The summed E-state index contributed by atoms with van der Waals surface area (Å²) in [5.74, 6) is 4.58. The van der Waals surface area contributed by atoms with Crippen LogP contribution in [0.3, 0.4) is 0 Å². The van der Waals surface area contributed by atoms with E-state index in [1.54, 1.807) is 6.56 Å². The van der Waals surface area contributed by atoms with Crippen LogP contribution < -0.4 is 24.8 Å². The molecular weight excluding hydrogens is 578 g/mol. The van der Waals surface area contributed by atoms with Gasteiger partial charge in [-0.25, -0.2) is 0 Å². The topological polar surface area (TPSA) is 26.3 Å². The van der Waals surface area contributed by atoms with Gasteiger partial charge in [-0.05, 0) is 0 Å². The van der Waals surface area contributed by atoms with E-state index in [2.05, 4.69) is 86.7 Å². The largest absolute Gasteiger partial charge is 1.00 e. The molecule has 2 nitrogen and oxygen atoms in total. The van der Waals surface area contributed by atoms with Crippen LogP contribution in [0, 0.1) is 13.8 Å². The molecule has 5 heteroatoms. The molecule has 0 saturated heterocycles. The summed E-state index contributed by atoms with van der Waals surface area (Å²) in [4.78, 5) is 0. The molecule has 0 saturated carbocycles. The number of rotatable bonds is 6. The quantitative estimate of drug-likeness (QED) is 0.336. The second kappa shape index (κ2) is 11.4. The molecule has 0 radical (unpaired) electrons. The van der Waals surface area contributed by atoms with Crippen LogP contribution in [0.4, 0.5) is 0 Å². The first-order valence-corrected chi connectivity index (χ1v) is 15.1. The van der Waals surface area contributed by atoms with Gasteiger partial charge in [0.15, 0.2) is 0 Å². The molecule has 2 aromatic carbocycles. The van der Waals surface area contributed by atoms with Gasteiger partial charge in [0, 0.05) is 0 Å². The summed E-state index contributed by atoms with van der Waals surface area (Å²) in [7, 11) is 0. The number of halogens is 2. The van der Waals surface area contributed by atoms with Gasteiger partial charge in [-0.15, -0.1) is 0 Å². The summed E-state index contributed by atoms with van der Waals surface area (Å²) in [5.41, 5.74) is 8.51. The average molecular weight is 609 g/mol. The maximum absolute atomic E-state index is 6.25. The van der Waals surface area contributed by atoms with Crippen molar-refractivity contribution in [2.24, 2.45) is 0 Å². The Balaban J connectivity index is 0.00000160. The summed E-state index contributed by atoms with van der Waals surface area (Å²) in [6, 6.07) is 22.2. The van der Waals surface area contributed by atoms with Crippen LogP contribution in [0.1, 0.15) is 82.1 Å². The van der Waals surface area contributed by atoms with E-state index >= 15 is 0 Å². The van der Waals surface area contributed by atoms with Crippen molar-refractivity contribution in [2.45, 2.75) is 52.4 Å². The van der Waals surface area contributed by atoms with E-state index in [1.165, 1.54) is 33.4 Å². The number of fused-ring (bicyclic) bond motifs is 2. The van der Waals surface area contributed by atoms with Crippen molar-refractivity contribution in [3.63, 3.8) is 0 Å². The number of hydrogen-bond donors (Lipinski definition) is 0. The zero-order chi connectivity index (χ0) is 24.1. The van der Waals surface area contributed by atoms with Gasteiger partial charge in [0.2, 0.25) is 0 Å². The zero-order valence-electron chi connectivity index (χ0n) is 21.6. The maximum Gasteiger partial charge on any atom is -1.00 e. The Kier molecular flexibility index (Phi) is 8.59. The zero-order valence-corrected chi connectivity index (χ0v) is 25.5. The molecule has 2 aromatic heterocycles. The number of furan rings is 2. The minimum atomic E-state index is -1.15. The van der Waals surface area contributed by atoms with E-state index in [0.717, 1.165) is 35.9 Å². The fourth-order valence-corrected chi connectivity index (χ4v) is 9.82. The van der Waals surface area contributed by atoms with Crippen molar-refractivity contribution < 1.29 is 56.9 Å². The van der Waals surface area contributed by atoms with Crippen LogP contribution in [0.5, 0.6) is 0 Å². The van der Waals surface area contributed by atoms with Gasteiger partial charge in [-0.2, -0.15) is 0 Å². The van der Waals surface area contributed by atoms with Gasteiger partial charge in [0.05, 0.1) is 0 Å². The van der Waals surface area contributed by atoms with Crippen molar-refractivity contribution in [2.75, 3.05) is 0 Å². The monoisotopic (exact) mass is 606 g/mol. The fraction of sp³-hybridized carbons (Fsp3) is 0.250. The van der Waals surface area contributed by atoms with E-state index in [9.17, 15) is 0 Å². The molecule has 2 aliphatic rings. The van der Waals surface area contributed by atoms with Crippen molar-refractivity contribution in [3.8, 4) is 0 Å². The van der Waals surface area contributed by atoms with Crippen LogP contribution in [-0.2, 0) is 36.1 Å². The summed E-state index contributed by atoms with van der Waals surface area (Å²) in [5, 5.41) is 0. The normalized spacial score (nSPS) is 17.2. The third-order valence-electron chi connectivity index (χ3n) is 7.45. The van der Waals surface area contributed by atoms with Gasteiger partial charge in [-0.3, -0.25) is 0 Å². The van der Waals surface area contributed by atoms with E-state index < -0.39 is 23.2 Å². The molecule has 37 heavy (non-hydrogen) atoms. The molecule has 4 aromatic rings. The van der Waals surface area contributed by atoms with E-state index in [0.29, 0.717) is 0 Å². The number of hydrogen-bond acceptors (Lipinski definition) is 2. The van der Waals surface area contributed by atoms with Gasteiger partial charge < -0.3 is 24.8 Å². The molecular formula is C32H30Cl2O2Zr. The van der Waals surface area contributed by atoms with Gasteiger partial charge in [0.1, 0.15) is 0 Å². The number of benzene rings is 2. The molecule has 0 bridgehead atoms. The van der Waals surface area contributed by atoms with E-state index in [-0.39, 0.29) is 36.6 Å². The van der Waals surface area contributed by atoms with Crippen LogP contribution in [0.15, 0.2) is 76.1 Å². The van der Waals surface area contributed by atoms with Crippen LogP contribution in [0.25, 0.3) is 12.2 Å². The van der Waals surface area contributed by atoms with Crippen LogP contribution in [0.2, 0.25) is 0 Å². The Hall–Kier alpha value is -2.06. The summed E-state index contributed by atoms with van der Waals surface area (Å²) >= 11 is -1.15. The predicted molar refractivity (Wildman–Crippen MR) is 138 cm³/mol. The summed E-state index contributed by atoms with van der Waals surface area (Å²) in [6.45, 7) is 8.60. The van der Waals surface area contributed by atoms with Crippen molar-refractivity contribution in [1.29, 1.82) is 0 Å². The van der Waals surface area contributed by atoms with Gasteiger partial charge in [-0.1, -0.05) is 0 Å². The Bertz CT molecular complexity index is 1380. The van der Waals surface area contributed by atoms with E-state index in [1.807, 2.05) is 13.8 Å². The Labute approximate surface area is 243 Å². The molecule has 2 heterocycles. The van der Waals surface area contributed by atoms with Gasteiger partial charge in [0.25, 0.3) is 0 Å². The first kappa shape index (κ1) is 28.0. The van der Waals surface area contributed by atoms with Gasteiger partial charge >= 0.3 is 220 Å². The Morgan fingerprint density at radius 2 is 1.05 bits per heavy atom. The maximum atomic E-state index is 6.25. The average Bonchev–Trinajstić information content (AvgIpc) is 3.63. The molecule has 6 rings (SSSR count). The molecule has 0 spiro atoms. The third-order valence-corrected chi connectivity index (χ3v) is 11.0. The Morgan fingerprint density at radius 3 is 1.41 bits per heavy atom. The summed E-state index contributed by atoms with van der Waals surface area (Å²) in [6.07, 6.45) is 7.12. The van der Waals surface area contributed by atoms with Crippen LogP contribution in [-0.4, -0.2) is 0 Å². The summed E-state index contributed by atoms with van der Waals surface area (Å²) < 4.78 is 15.7. The minimum absolute atomic E-state index is 0. The smallest absolute Gasteiger partial charge is 1.00 e. The molecule has 0 fully saturated rings. The molecule has 2 unspecified atom stereocenters. The second-order valence-corrected chi connectivity index (χ2v) is 13.1. The number of aryl methyl sites for hydroxylation is 4. The molecule has 2 aliphatic carbocycles. The third kappa shape index (κ3) is 4.92. The standard InChI is InChI=1S/2C16H15O.2ClH.Zr/c2*1-3-12-5-4-6-14-13(12)8-9-15(14)16-10-7-11(2)17-16;;;/h2*4-8,10,15H,3H2,1-2H3;2*1H;/q;;;;+2/p-2. The second-order valence-electron chi connectivity index (χ2n) is 9.63. The molecule has 2 atom stereocenters. The van der Waals surface area contributed by atoms with Crippen LogP contribution >= 0.6 is 0 Å². The van der Waals surface area contributed by atoms with Crippen molar-refractivity contribution >= 4 is 12.2 Å². The first-order valence-electron chi connectivity index (χ1n) is 12.6. The number of allylic oxidation sites excluding steroid dienone is 2. The molecule has 0 aliphatic heterocycles. The Morgan fingerprint density at radius 1 is 0.622 bits per heavy atom. The molecule has 188 valence electrons. The van der Waals surface area contributed by atoms with Crippen molar-refractivity contribution in [3.05, 3.63) is 124 Å². The predicted octanol–water partition coefficient (Wildman–Crippen LogP) is 2.38. The van der Waals surface area contributed by atoms with E-state index in [4.69, 9.17) is 8.83 Å². The SMILES string of the molecule is CCc1cccc2c1C=[C]([Zr+2][C]1=Cc3c(CC)cccc3C1c1ccc(C)o1)C2c1ccc(C)o1.[Cl-].[Cl-]. The fourth-order valence-electron chi connectivity index (χ4n) is 5.76. The molecule has 0 N–H and O–H groups in total. The van der Waals surface area contributed by atoms with Crippen molar-refractivity contribution in [1.82, 2.24) is 0 Å².